The van der Waals surface area contributed by atoms with Crippen molar-refractivity contribution in [2.75, 3.05) is 13.1 Å². The number of amides is 1. The van der Waals surface area contributed by atoms with E-state index in [1.54, 1.807) is 0 Å². The lowest BCUT2D eigenvalue weighted by molar-refractivity contribution is -0.122. The fraction of sp³-hybridized carbons (Fsp3) is 0.588. The number of halogens is 1. The van der Waals surface area contributed by atoms with Gasteiger partial charge in [0.25, 0.3) is 0 Å². The third kappa shape index (κ3) is 3.09. The average Bonchev–Trinajstić information content (AvgIpc) is 3.19. The number of hydrogen-bond acceptors (Lipinski definition) is 2. The highest BCUT2D eigenvalue weighted by atomic mass is 35.5. The quantitative estimate of drug-likeness (QED) is 0.821. The van der Waals surface area contributed by atoms with Crippen LogP contribution in [0.3, 0.4) is 0 Å². The van der Waals surface area contributed by atoms with Gasteiger partial charge in [-0.3, -0.25) is 4.79 Å². The highest BCUT2D eigenvalue weighted by Crippen LogP contribution is 2.60. The molecule has 1 fully saturated rings. The van der Waals surface area contributed by atoms with Crippen molar-refractivity contribution in [1.29, 1.82) is 0 Å². The number of nitrogens with one attached hydrogen (secondary N) is 1. The van der Waals surface area contributed by atoms with Crippen molar-refractivity contribution in [3.63, 3.8) is 0 Å². The van der Waals surface area contributed by atoms with Crippen LogP contribution in [0.15, 0.2) is 24.3 Å². The number of benzene rings is 1. The van der Waals surface area contributed by atoms with Gasteiger partial charge in [0, 0.05) is 17.9 Å². The lowest BCUT2D eigenvalue weighted by atomic mass is 9.78. The fourth-order valence-corrected chi connectivity index (χ4v) is 3.78. The molecular formula is C17H25ClN2O. The molecule has 4 heteroatoms. The maximum atomic E-state index is 12.3. The molecule has 2 atom stereocenters. The van der Waals surface area contributed by atoms with Crippen molar-refractivity contribution in [1.82, 2.24) is 5.32 Å². The number of carbonyl (C=O) groups excluding carboxylic acids is 1. The zero-order chi connectivity index (χ0) is 14.0. The Labute approximate surface area is 133 Å². The standard InChI is InChI=1S/C17H24N2O.ClH/c18-10-3-4-11-19-16(20)15-12-17(15)9-5-7-13-6-1-2-8-14(13)17;/h1-2,6,8,15H,3-5,7,9-12,18H2,(H,19,20);1H. The van der Waals surface area contributed by atoms with Gasteiger partial charge >= 0.3 is 0 Å². The van der Waals surface area contributed by atoms with Crippen LogP contribution >= 0.6 is 12.4 Å². The van der Waals surface area contributed by atoms with Gasteiger partial charge in [0.1, 0.15) is 0 Å². The molecule has 0 heterocycles. The van der Waals surface area contributed by atoms with Crippen molar-refractivity contribution >= 4 is 18.3 Å². The van der Waals surface area contributed by atoms with Gasteiger partial charge in [0.05, 0.1) is 0 Å². The number of hydrogen-bond donors (Lipinski definition) is 2. The molecule has 1 spiro atoms. The predicted octanol–water partition coefficient (Wildman–Crippen LogP) is 2.56. The van der Waals surface area contributed by atoms with Crippen LogP contribution in [0, 0.1) is 5.92 Å². The molecule has 0 radical (unpaired) electrons. The van der Waals surface area contributed by atoms with Crippen LogP contribution < -0.4 is 11.1 Å². The summed E-state index contributed by atoms with van der Waals surface area (Å²) < 4.78 is 0. The van der Waals surface area contributed by atoms with Crippen molar-refractivity contribution < 1.29 is 4.79 Å². The second kappa shape index (κ2) is 6.80. The van der Waals surface area contributed by atoms with E-state index < -0.39 is 0 Å². The largest absolute Gasteiger partial charge is 0.356 e. The molecule has 1 saturated carbocycles. The van der Waals surface area contributed by atoms with E-state index >= 15 is 0 Å². The average molecular weight is 309 g/mol. The monoisotopic (exact) mass is 308 g/mol. The van der Waals surface area contributed by atoms with Crippen LogP contribution in [0.1, 0.15) is 43.2 Å². The van der Waals surface area contributed by atoms with Gasteiger partial charge in [-0.05, 0) is 56.2 Å². The highest BCUT2D eigenvalue weighted by molar-refractivity contribution is 5.85. The minimum Gasteiger partial charge on any atom is -0.356 e. The van der Waals surface area contributed by atoms with Gasteiger partial charge in [-0.2, -0.15) is 0 Å². The number of rotatable bonds is 5. The molecule has 1 aromatic rings. The van der Waals surface area contributed by atoms with Crippen molar-refractivity contribution in [3.8, 4) is 0 Å². The maximum absolute atomic E-state index is 12.3. The predicted molar refractivity (Wildman–Crippen MR) is 87.7 cm³/mol. The normalized spacial score (nSPS) is 25.9. The van der Waals surface area contributed by atoms with E-state index in [-0.39, 0.29) is 29.6 Å². The molecule has 2 aliphatic rings. The van der Waals surface area contributed by atoms with E-state index in [1.807, 2.05) is 0 Å². The lowest BCUT2D eigenvalue weighted by Crippen LogP contribution is -2.31. The van der Waals surface area contributed by atoms with Crippen LogP contribution in [0.25, 0.3) is 0 Å². The topological polar surface area (TPSA) is 55.1 Å². The zero-order valence-corrected chi connectivity index (χ0v) is 13.3. The minimum absolute atomic E-state index is 0. The number of aryl methyl sites for hydroxylation is 1. The summed E-state index contributed by atoms with van der Waals surface area (Å²) in [5, 5.41) is 3.09. The van der Waals surface area contributed by atoms with Gasteiger partial charge in [-0.25, -0.2) is 0 Å². The van der Waals surface area contributed by atoms with E-state index in [4.69, 9.17) is 5.73 Å². The van der Waals surface area contributed by atoms with E-state index in [1.165, 1.54) is 30.4 Å². The molecule has 0 bridgehead atoms. The van der Waals surface area contributed by atoms with E-state index in [9.17, 15) is 4.79 Å². The van der Waals surface area contributed by atoms with Crippen LogP contribution in [0.5, 0.6) is 0 Å². The van der Waals surface area contributed by atoms with Crippen molar-refractivity contribution in [2.24, 2.45) is 11.7 Å². The van der Waals surface area contributed by atoms with E-state index in [0.29, 0.717) is 6.54 Å². The molecule has 2 unspecified atom stereocenters. The zero-order valence-electron chi connectivity index (χ0n) is 12.4. The molecular weight excluding hydrogens is 284 g/mol. The first-order valence-electron chi connectivity index (χ1n) is 7.84. The summed E-state index contributed by atoms with van der Waals surface area (Å²) in [6.07, 6.45) is 6.56. The number of nitrogens with two attached hydrogens (primary N) is 1. The molecule has 0 aliphatic heterocycles. The van der Waals surface area contributed by atoms with Crippen LogP contribution in [-0.4, -0.2) is 19.0 Å². The molecule has 116 valence electrons. The maximum Gasteiger partial charge on any atom is 0.224 e. The van der Waals surface area contributed by atoms with Gasteiger partial charge in [-0.15, -0.1) is 12.4 Å². The Balaban J connectivity index is 0.00000161. The van der Waals surface area contributed by atoms with Crippen LogP contribution in [-0.2, 0) is 16.6 Å². The summed E-state index contributed by atoms with van der Waals surface area (Å²) in [7, 11) is 0. The molecule has 1 aromatic carbocycles. The number of carbonyl (C=O) groups is 1. The summed E-state index contributed by atoms with van der Waals surface area (Å²) in [4.78, 5) is 12.3. The molecule has 3 rings (SSSR count). The molecule has 3 nitrogen and oxygen atoms in total. The summed E-state index contributed by atoms with van der Waals surface area (Å²) in [5.74, 6) is 0.445. The Morgan fingerprint density at radius 3 is 2.95 bits per heavy atom. The summed E-state index contributed by atoms with van der Waals surface area (Å²) in [5.41, 5.74) is 8.52. The Kier molecular flexibility index (Phi) is 5.28. The third-order valence-corrected chi connectivity index (χ3v) is 4.94. The van der Waals surface area contributed by atoms with Gasteiger partial charge in [0.15, 0.2) is 0 Å². The Hall–Kier alpha value is -1.06. The van der Waals surface area contributed by atoms with Gasteiger partial charge in [-0.1, -0.05) is 24.3 Å². The van der Waals surface area contributed by atoms with Crippen molar-refractivity contribution in [2.45, 2.75) is 43.9 Å². The first-order valence-corrected chi connectivity index (χ1v) is 7.84. The first-order chi connectivity index (χ1) is 9.78. The Morgan fingerprint density at radius 2 is 2.14 bits per heavy atom. The van der Waals surface area contributed by atoms with Crippen molar-refractivity contribution in [3.05, 3.63) is 35.4 Å². The first kappa shape index (κ1) is 16.3. The van der Waals surface area contributed by atoms with E-state index in [2.05, 4.69) is 29.6 Å². The third-order valence-electron chi connectivity index (χ3n) is 4.94. The van der Waals surface area contributed by atoms with Crippen LogP contribution in [0.4, 0.5) is 0 Å². The smallest absolute Gasteiger partial charge is 0.224 e. The Morgan fingerprint density at radius 1 is 1.33 bits per heavy atom. The second-order valence-corrected chi connectivity index (χ2v) is 6.21. The lowest BCUT2D eigenvalue weighted by Gasteiger charge is -2.26. The SMILES string of the molecule is Cl.NCCCCNC(=O)C1CC12CCCc1ccccc12. The molecule has 3 N–H and O–H groups in total. The van der Waals surface area contributed by atoms with Crippen LogP contribution in [0.2, 0.25) is 0 Å². The summed E-state index contributed by atoms with van der Waals surface area (Å²) >= 11 is 0. The number of fused-ring (bicyclic) bond motifs is 2. The summed E-state index contributed by atoms with van der Waals surface area (Å²) in [6.45, 7) is 1.47. The summed E-state index contributed by atoms with van der Waals surface area (Å²) in [6, 6.07) is 8.68. The minimum atomic E-state index is 0. The fourth-order valence-electron chi connectivity index (χ4n) is 3.78. The van der Waals surface area contributed by atoms with Gasteiger partial charge in [0.2, 0.25) is 5.91 Å². The molecule has 1 amide bonds. The second-order valence-electron chi connectivity index (χ2n) is 6.21. The van der Waals surface area contributed by atoms with E-state index in [0.717, 1.165) is 25.8 Å². The molecule has 0 aromatic heterocycles. The number of unbranched alkanes of at least 4 members (excludes halogenated alkanes) is 1. The molecule has 0 saturated heterocycles. The van der Waals surface area contributed by atoms with Gasteiger partial charge < -0.3 is 11.1 Å². The molecule has 21 heavy (non-hydrogen) atoms. The molecule has 2 aliphatic carbocycles. The Bertz CT molecular complexity index is 505. The highest BCUT2D eigenvalue weighted by Gasteiger charge is 2.59.